The van der Waals surface area contributed by atoms with Crippen molar-refractivity contribution in [1.29, 1.82) is 0 Å². The Bertz CT molecular complexity index is 903. The van der Waals surface area contributed by atoms with Crippen molar-refractivity contribution in [2.24, 2.45) is 0 Å². The van der Waals surface area contributed by atoms with Crippen molar-refractivity contribution in [1.82, 2.24) is 4.98 Å². The Morgan fingerprint density at radius 3 is 2.54 bits per heavy atom. The molecule has 122 valence electrons. The molecule has 1 aromatic heterocycles. The van der Waals surface area contributed by atoms with Crippen LogP contribution in [0.15, 0.2) is 48.7 Å². The zero-order chi connectivity index (χ0) is 16.7. The highest BCUT2D eigenvalue weighted by atomic mass is 127. The maximum absolute atomic E-state index is 12.3. The molecule has 0 saturated heterocycles. The quantitative estimate of drug-likeness (QED) is 0.411. The highest BCUT2D eigenvalue weighted by Crippen LogP contribution is 2.51. The molecule has 0 aliphatic heterocycles. The molecule has 0 radical (unpaired) electrons. The third-order valence-electron chi connectivity index (χ3n) is 5.46. The summed E-state index contributed by atoms with van der Waals surface area (Å²) in [4.78, 5) is 15.7. The van der Waals surface area contributed by atoms with Gasteiger partial charge in [-0.25, -0.2) is 0 Å². The number of nitrogens with one attached hydrogen (secondary N) is 1. The molecular formula is C21H20INO. The number of benzene rings is 2. The van der Waals surface area contributed by atoms with Crippen LogP contribution in [-0.2, 0) is 5.41 Å². The third-order valence-corrected chi connectivity index (χ3v) is 6.18. The normalized spacial score (nSPS) is 16.1. The first-order chi connectivity index (χ1) is 11.7. The average molecular weight is 429 g/mol. The molecule has 0 amide bonds. The van der Waals surface area contributed by atoms with E-state index in [4.69, 9.17) is 0 Å². The highest BCUT2D eigenvalue weighted by molar-refractivity contribution is 14.1. The Morgan fingerprint density at radius 2 is 1.92 bits per heavy atom. The average Bonchev–Trinajstić information content (AvgIpc) is 2.99. The second kappa shape index (κ2) is 6.03. The Labute approximate surface area is 155 Å². The summed E-state index contributed by atoms with van der Waals surface area (Å²) in [6.07, 6.45) is 6.27. The van der Waals surface area contributed by atoms with Gasteiger partial charge in [0.2, 0.25) is 0 Å². The number of para-hydroxylation sites is 1. The van der Waals surface area contributed by atoms with Gasteiger partial charge in [0.25, 0.3) is 0 Å². The van der Waals surface area contributed by atoms with Gasteiger partial charge in [-0.1, -0.05) is 37.6 Å². The predicted octanol–water partition coefficient (Wildman–Crippen LogP) is 5.84. The highest BCUT2D eigenvalue weighted by Gasteiger charge is 2.42. The van der Waals surface area contributed by atoms with E-state index in [0.717, 1.165) is 11.1 Å². The van der Waals surface area contributed by atoms with Gasteiger partial charge in [-0.15, -0.1) is 0 Å². The molecule has 0 spiro atoms. The van der Waals surface area contributed by atoms with Crippen molar-refractivity contribution in [3.63, 3.8) is 0 Å². The lowest BCUT2D eigenvalue weighted by molar-refractivity contribution is 0.0989. The Kier molecular flexibility index (Phi) is 3.99. The fraction of sp³-hybridized carbons (Fsp3) is 0.286. The van der Waals surface area contributed by atoms with Gasteiger partial charge in [-0.3, -0.25) is 4.79 Å². The zero-order valence-corrected chi connectivity index (χ0v) is 15.9. The molecule has 3 aromatic rings. The first-order valence-electron chi connectivity index (χ1n) is 8.55. The van der Waals surface area contributed by atoms with Gasteiger partial charge in [0, 0.05) is 32.6 Å². The fourth-order valence-electron chi connectivity index (χ4n) is 3.99. The smallest absolute Gasteiger partial charge is 0.164 e. The van der Waals surface area contributed by atoms with Gasteiger partial charge in [0.1, 0.15) is 0 Å². The fourth-order valence-corrected chi connectivity index (χ4v) is 4.35. The van der Waals surface area contributed by atoms with Crippen LogP contribution in [0.5, 0.6) is 0 Å². The first-order valence-corrected chi connectivity index (χ1v) is 9.63. The minimum Gasteiger partial charge on any atom is -0.360 e. The Morgan fingerprint density at radius 1 is 1.17 bits per heavy atom. The van der Waals surface area contributed by atoms with E-state index in [1.54, 1.807) is 0 Å². The maximum atomic E-state index is 12.3. The maximum Gasteiger partial charge on any atom is 0.164 e. The molecule has 1 aliphatic rings. The molecule has 1 fully saturated rings. The van der Waals surface area contributed by atoms with Gasteiger partial charge >= 0.3 is 0 Å². The second-order valence-electron chi connectivity index (χ2n) is 6.65. The van der Waals surface area contributed by atoms with Gasteiger partial charge in [-0.05, 0) is 64.8 Å². The summed E-state index contributed by atoms with van der Waals surface area (Å²) in [5, 5.41) is 1.20. The number of aromatic amines is 1. The number of Topliss-reactive ketones (excluding diaryl/α,β-unsaturated/α-hetero) is 1. The number of carbonyl (C=O) groups excluding carboxylic acids is 1. The molecular weight excluding hydrogens is 409 g/mol. The molecule has 1 N–H and O–H groups in total. The van der Waals surface area contributed by atoms with E-state index in [0.29, 0.717) is 6.42 Å². The topological polar surface area (TPSA) is 32.9 Å². The van der Waals surface area contributed by atoms with Gasteiger partial charge < -0.3 is 4.98 Å². The number of halogens is 1. The van der Waals surface area contributed by atoms with Crippen molar-refractivity contribution in [3.05, 3.63) is 68.9 Å². The number of rotatable bonds is 4. The Balaban J connectivity index is 1.89. The molecule has 3 heteroatoms. The SMILES string of the molecule is CCC(=O)c1cccc2c(C3(c4ccc(I)cc4)CCC3)c[nH]c12. The number of hydrogen-bond acceptors (Lipinski definition) is 1. The molecule has 1 heterocycles. The van der Waals surface area contributed by atoms with E-state index in [2.05, 4.69) is 64.1 Å². The zero-order valence-electron chi connectivity index (χ0n) is 13.7. The van der Waals surface area contributed by atoms with E-state index >= 15 is 0 Å². The monoisotopic (exact) mass is 429 g/mol. The summed E-state index contributed by atoms with van der Waals surface area (Å²) in [5.41, 5.74) is 4.64. The van der Waals surface area contributed by atoms with E-state index < -0.39 is 0 Å². The van der Waals surface area contributed by atoms with E-state index in [1.807, 2.05) is 19.1 Å². The first kappa shape index (κ1) is 15.9. The molecule has 4 rings (SSSR count). The summed E-state index contributed by atoms with van der Waals surface area (Å²) in [7, 11) is 0. The van der Waals surface area contributed by atoms with E-state index in [-0.39, 0.29) is 11.2 Å². The summed E-state index contributed by atoms with van der Waals surface area (Å²) in [6, 6.07) is 15.0. The summed E-state index contributed by atoms with van der Waals surface area (Å²) < 4.78 is 1.26. The van der Waals surface area contributed by atoms with Crippen molar-refractivity contribution in [3.8, 4) is 0 Å². The molecule has 0 unspecified atom stereocenters. The van der Waals surface area contributed by atoms with Crippen LogP contribution in [0.25, 0.3) is 10.9 Å². The molecule has 1 saturated carbocycles. The van der Waals surface area contributed by atoms with Crippen molar-refractivity contribution >= 4 is 39.3 Å². The van der Waals surface area contributed by atoms with Gasteiger partial charge in [0.05, 0.1) is 5.52 Å². The van der Waals surface area contributed by atoms with Crippen molar-refractivity contribution in [2.75, 3.05) is 0 Å². The summed E-state index contributed by atoms with van der Waals surface area (Å²) in [5.74, 6) is 0.200. The van der Waals surface area contributed by atoms with E-state index in [1.165, 1.54) is 39.3 Å². The van der Waals surface area contributed by atoms with Crippen molar-refractivity contribution in [2.45, 2.75) is 38.0 Å². The summed E-state index contributed by atoms with van der Waals surface area (Å²) in [6.45, 7) is 1.92. The molecule has 24 heavy (non-hydrogen) atoms. The van der Waals surface area contributed by atoms with Crippen LogP contribution in [0.3, 0.4) is 0 Å². The van der Waals surface area contributed by atoms with Crippen LogP contribution >= 0.6 is 22.6 Å². The second-order valence-corrected chi connectivity index (χ2v) is 7.90. The van der Waals surface area contributed by atoms with Crippen LogP contribution in [0.2, 0.25) is 0 Å². The molecule has 2 nitrogen and oxygen atoms in total. The number of fused-ring (bicyclic) bond motifs is 1. The largest absolute Gasteiger partial charge is 0.360 e. The Hall–Kier alpha value is -1.62. The minimum atomic E-state index is 0.0937. The van der Waals surface area contributed by atoms with Crippen LogP contribution in [0.1, 0.15) is 54.1 Å². The van der Waals surface area contributed by atoms with Crippen LogP contribution in [-0.4, -0.2) is 10.8 Å². The molecule has 1 aliphatic carbocycles. The van der Waals surface area contributed by atoms with E-state index in [9.17, 15) is 4.79 Å². The third kappa shape index (κ3) is 2.32. The lowest BCUT2D eigenvalue weighted by Gasteiger charge is -2.42. The van der Waals surface area contributed by atoms with Crippen molar-refractivity contribution < 1.29 is 4.79 Å². The summed E-state index contributed by atoms with van der Waals surface area (Å²) >= 11 is 2.35. The lowest BCUT2D eigenvalue weighted by atomic mass is 9.60. The molecule has 0 bridgehead atoms. The number of H-pyrrole nitrogens is 1. The van der Waals surface area contributed by atoms with Crippen LogP contribution in [0.4, 0.5) is 0 Å². The van der Waals surface area contributed by atoms with Crippen LogP contribution < -0.4 is 0 Å². The number of hydrogen-bond donors (Lipinski definition) is 1. The van der Waals surface area contributed by atoms with Gasteiger partial charge in [-0.2, -0.15) is 0 Å². The molecule has 2 aromatic carbocycles. The predicted molar refractivity (Wildman–Crippen MR) is 107 cm³/mol. The lowest BCUT2D eigenvalue weighted by Crippen LogP contribution is -2.35. The van der Waals surface area contributed by atoms with Gasteiger partial charge in [0.15, 0.2) is 5.78 Å². The van der Waals surface area contributed by atoms with Crippen LogP contribution in [0, 0.1) is 3.57 Å². The number of carbonyl (C=O) groups is 1. The minimum absolute atomic E-state index is 0.0937. The number of ketones is 1. The number of aromatic nitrogens is 1. The molecule has 0 atom stereocenters. The standard InChI is InChI=1S/C21H20INO/c1-2-19(24)17-6-3-5-16-18(13-23-20(16)17)21(11-4-12-21)14-7-9-15(22)10-8-14/h3,5-10,13,23H,2,4,11-12H2,1H3.